The minimum atomic E-state index is -3.26. The van der Waals surface area contributed by atoms with Crippen molar-refractivity contribution in [2.45, 2.75) is 44.9 Å². The van der Waals surface area contributed by atoms with E-state index in [1.165, 1.54) is 6.42 Å². The summed E-state index contributed by atoms with van der Waals surface area (Å²) in [6.07, 6.45) is 7.55. The normalized spacial score (nSPS) is 27.9. The van der Waals surface area contributed by atoms with E-state index < -0.39 is 10.2 Å². The van der Waals surface area contributed by atoms with Gasteiger partial charge in [0.05, 0.1) is 6.61 Å². The molecule has 6 heteroatoms. The Morgan fingerprint density at radius 1 is 0.950 bits per heavy atom. The van der Waals surface area contributed by atoms with Gasteiger partial charge in [-0.15, -0.1) is 0 Å². The van der Waals surface area contributed by atoms with Crippen molar-refractivity contribution in [2.75, 3.05) is 39.9 Å². The Kier molecular flexibility index (Phi) is 6.26. The molecule has 0 aromatic carbocycles. The molecule has 2 aliphatic heterocycles. The molecule has 0 unspecified atom stereocenters. The van der Waals surface area contributed by atoms with Crippen LogP contribution in [0, 0.1) is 5.92 Å². The predicted octanol–water partition coefficient (Wildman–Crippen LogP) is 1.86. The molecule has 5 nitrogen and oxygen atoms in total. The summed E-state index contributed by atoms with van der Waals surface area (Å²) in [5, 5.41) is 0. The summed E-state index contributed by atoms with van der Waals surface area (Å²) in [6.45, 7) is 3.32. The highest BCUT2D eigenvalue weighted by atomic mass is 32.2. The number of rotatable bonds is 4. The zero-order valence-electron chi connectivity index (χ0n) is 12.6. The fourth-order valence-corrected chi connectivity index (χ4v) is 5.03. The van der Waals surface area contributed by atoms with Gasteiger partial charge >= 0.3 is 0 Å². The molecule has 0 N–H and O–H groups in total. The monoisotopic (exact) mass is 304 g/mol. The average Bonchev–Trinajstić information content (AvgIpc) is 2.38. The van der Waals surface area contributed by atoms with Crippen LogP contribution in [0.3, 0.4) is 0 Å². The first-order valence-corrected chi connectivity index (χ1v) is 9.28. The van der Waals surface area contributed by atoms with E-state index in [2.05, 4.69) is 0 Å². The molecule has 20 heavy (non-hydrogen) atoms. The van der Waals surface area contributed by atoms with Gasteiger partial charge in [-0.3, -0.25) is 0 Å². The molecule has 0 aromatic rings. The van der Waals surface area contributed by atoms with Gasteiger partial charge in [0.2, 0.25) is 0 Å². The van der Waals surface area contributed by atoms with Crippen LogP contribution in [0.15, 0.2) is 0 Å². The van der Waals surface area contributed by atoms with E-state index in [-0.39, 0.29) is 0 Å². The van der Waals surface area contributed by atoms with E-state index in [4.69, 9.17) is 4.74 Å². The number of nitrogens with zero attached hydrogens (tertiary/aromatic N) is 2. The van der Waals surface area contributed by atoms with Gasteiger partial charge in [-0.05, 0) is 31.6 Å². The van der Waals surface area contributed by atoms with Gasteiger partial charge in [0.1, 0.15) is 0 Å². The lowest BCUT2D eigenvalue weighted by Gasteiger charge is -2.35. The molecule has 1 atom stereocenters. The first kappa shape index (κ1) is 16.2. The summed E-state index contributed by atoms with van der Waals surface area (Å²) < 4.78 is 34.1. The van der Waals surface area contributed by atoms with Crippen LogP contribution in [-0.2, 0) is 14.9 Å². The van der Waals surface area contributed by atoms with Crippen LogP contribution in [0.1, 0.15) is 44.9 Å². The maximum absolute atomic E-state index is 12.8. The highest BCUT2D eigenvalue weighted by Crippen LogP contribution is 2.23. The topological polar surface area (TPSA) is 49.9 Å². The van der Waals surface area contributed by atoms with Crippen molar-refractivity contribution in [3.05, 3.63) is 0 Å². The van der Waals surface area contributed by atoms with Crippen LogP contribution >= 0.6 is 0 Å². The number of hydrogen-bond acceptors (Lipinski definition) is 3. The molecule has 2 fully saturated rings. The van der Waals surface area contributed by atoms with Crippen molar-refractivity contribution < 1.29 is 13.2 Å². The summed E-state index contributed by atoms with van der Waals surface area (Å²) in [5.41, 5.74) is 0. The summed E-state index contributed by atoms with van der Waals surface area (Å²) in [6, 6.07) is 0. The Morgan fingerprint density at radius 3 is 2.20 bits per heavy atom. The third kappa shape index (κ3) is 4.16. The van der Waals surface area contributed by atoms with Crippen molar-refractivity contribution in [1.29, 1.82) is 0 Å². The van der Waals surface area contributed by atoms with Gasteiger partial charge in [-0.25, -0.2) is 0 Å². The van der Waals surface area contributed by atoms with Gasteiger partial charge in [0, 0.05) is 33.3 Å². The lowest BCUT2D eigenvalue weighted by molar-refractivity contribution is 0.116. The molecule has 0 saturated carbocycles. The second-order valence-corrected chi connectivity index (χ2v) is 7.92. The minimum absolute atomic E-state index is 0.346. The molecule has 2 aliphatic rings. The first-order valence-electron chi connectivity index (χ1n) is 7.89. The largest absolute Gasteiger partial charge is 0.384 e. The summed E-state index contributed by atoms with van der Waals surface area (Å²) >= 11 is 0. The van der Waals surface area contributed by atoms with Crippen LogP contribution < -0.4 is 0 Å². The van der Waals surface area contributed by atoms with Gasteiger partial charge in [-0.1, -0.05) is 19.3 Å². The summed E-state index contributed by atoms with van der Waals surface area (Å²) in [5.74, 6) is 0.346. The predicted molar refractivity (Wildman–Crippen MR) is 79.8 cm³/mol. The molecule has 0 bridgehead atoms. The second kappa shape index (κ2) is 7.73. The zero-order chi connectivity index (χ0) is 14.4. The maximum Gasteiger partial charge on any atom is 0.281 e. The smallest absolute Gasteiger partial charge is 0.281 e. The fourth-order valence-electron chi connectivity index (χ4n) is 3.22. The van der Waals surface area contributed by atoms with Crippen molar-refractivity contribution in [3.8, 4) is 0 Å². The lowest BCUT2D eigenvalue weighted by Crippen LogP contribution is -2.49. The Morgan fingerprint density at radius 2 is 1.55 bits per heavy atom. The Hall–Kier alpha value is -0.170. The second-order valence-electron chi connectivity index (χ2n) is 6.00. The van der Waals surface area contributed by atoms with E-state index >= 15 is 0 Å². The number of piperidine rings is 1. The van der Waals surface area contributed by atoms with Crippen molar-refractivity contribution in [1.82, 2.24) is 8.61 Å². The molecule has 0 spiro atoms. The van der Waals surface area contributed by atoms with Crippen LogP contribution in [0.5, 0.6) is 0 Å². The van der Waals surface area contributed by atoms with Crippen LogP contribution in [-0.4, -0.2) is 56.9 Å². The molecule has 2 heterocycles. The fraction of sp³-hybridized carbons (Fsp3) is 1.00. The van der Waals surface area contributed by atoms with E-state index in [9.17, 15) is 8.42 Å². The lowest BCUT2D eigenvalue weighted by atomic mass is 10.0. The van der Waals surface area contributed by atoms with Crippen molar-refractivity contribution in [2.24, 2.45) is 5.92 Å². The Bertz CT molecular complexity index is 376. The minimum Gasteiger partial charge on any atom is -0.384 e. The highest BCUT2D eigenvalue weighted by Gasteiger charge is 2.33. The third-order valence-electron chi connectivity index (χ3n) is 4.35. The summed E-state index contributed by atoms with van der Waals surface area (Å²) in [4.78, 5) is 0. The van der Waals surface area contributed by atoms with E-state index in [0.717, 1.165) is 38.5 Å². The molecule has 0 aromatic heterocycles. The molecule has 2 saturated heterocycles. The number of ether oxygens (including phenoxy) is 1. The SMILES string of the molecule is COC[C@H]1CCCN(S(=O)(=O)N2CCCCCCC2)C1. The summed E-state index contributed by atoms with van der Waals surface area (Å²) in [7, 11) is -1.58. The maximum atomic E-state index is 12.8. The van der Waals surface area contributed by atoms with Crippen LogP contribution in [0.2, 0.25) is 0 Å². The molecule has 118 valence electrons. The first-order chi connectivity index (χ1) is 9.64. The third-order valence-corrected chi connectivity index (χ3v) is 6.35. The number of methoxy groups -OCH3 is 1. The molecular weight excluding hydrogens is 276 g/mol. The van der Waals surface area contributed by atoms with E-state index in [0.29, 0.717) is 38.7 Å². The Labute approximate surface area is 123 Å². The standard InChI is InChI=1S/C14H28N2O3S/c1-19-13-14-8-7-11-16(12-14)20(17,18)15-9-5-3-2-4-6-10-15/h14H,2-13H2,1H3/t14-/m0/s1. The highest BCUT2D eigenvalue weighted by molar-refractivity contribution is 7.86. The van der Waals surface area contributed by atoms with E-state index in [1.54, 1.807) is 15.7 Å². The zero-order valence-corrected chi connectivity index (χ0v) is 13.4. The Balaban J connectivity index is 2.00. The van der Waals surface area contributed by atoms with Crippen LogP contribution in [0.4, 0.5) is 0 Å². The molecule has 0 amide bonds. The molecule has 0 radical (unpaired) electrons. The van der Waals surface area contributed by atoms with Crippen molar-refractivity contribution in [3.63, 3.8) is 0 Å². The van der Waals surface area contributed by atoms with Gasteiger partial charge in [-0.2, -0.15) is 17.0 Å². The average molecular weight is 304 g/mol. The number of hydrogen-bond donors (Lipinski definition) is 0. The van der Waals surface area contributed by atoms with Gasteiger partial charge in [0.25, 0.3) is 10.2 Å². The quantitative estimate of drug-likeness (QED) is 0.796. The van der Waals surface area contributed by atoms with Crippen molar-refractivity contribution >= 4 is 10.2 Å². The van der Waals surface area contributed by atoms with Crippen LogP contribution in [0.25, 0.3) is 0 Å². The molecule has 0 aliphatic carbocycles. The van der Waals surface area contributed by atoms with Gasteiger partial charge < -0.3 is 4.74 Å². The van der Waals surface area contributed by atoms with E-state index in [1.807, 2.05) is 0 Å². The van der Waals surface area contributed by atoms with Gasteiger partial charge in [0.15, 0.2) is 0 Å². The molecule has 2 rings (SSSR count). The molecular formula is C14H28N2O3S.